The van der Waals surface area contributed by atoms with Crippen molar-refractivity contribution in [2.45, 2.75) is 52.2 Å². The highest BCUT2D eigenvalue weighted by Gasteiger charge is 2.29. The summed E-state index contributed by atoms with van der Waals surface area (Å²) >= 11 is 0. The highest BCUT2D eigenvalue weighted by Crippen LogP contribution is 2.22. The number of piperidine rings is 1. The average molecular weight is 185 g/mol. The molecule has 78 valence electrons. The van der Waals surface area contributed by atoms with E-state index in [0.717, 1.165) is 19.0 Å². The number of likely N-dealkylation sites (tertiary alicyclic amines) is 1. The van der Waals surface area contributed by atoms with Crippen molar-refractivity contribution in [1.29, 1.82) is 0 Å². The number of aliphatic hydroxyl groups is 1. The standard InChI is InChI=1S/C11H23NO/c1-9-5-7-12(8-6-9)10(2)11(3,4)13/h9-10,13H,5-8H2,1-4H3. The van der Waals surface area contributed by atoms with E-state index in [9.17, 15) is 5.11 Å². The summed E-state index contributed by atoms with van der Waals surface area (Å²) in [5, 5.41) is 9.86. The second-order valence-corrected chi connectivity index (χ2v) is 5.05. The van der Waals surface area contributed by atoms with Crippen molar-refractivity contribution in [1.82, 2.24) is 4.90 Å². The first kappa shape index (κ1) is 11.0. The number of hydrogen-bond donors (Lipinski definition) is 1. The summed E-state index contributed by atoms with van der Waals surface area (Å²) in [6.07, 6.45) is 2.56. The van der Waals surface area contributed by atoms with Crippen LogP contribution in [-0.4, -0.2) is 34.7 Å². The third-order valence-corrected chi connectivity index (χ3v) is 3.39. The Morgan fingerprint density at radius 1 is 1.31 bits per heavy atom. The van der Waals surface area contributed by atoms with Crippen LogP contribution in [0.2, 0.25) is 0 Å². The molecule has 0 bridgehead atoms. The summed E-state index contributed by atoms with van der Waals surface area (Å²) in [5.41, 5.74) is -0.569. The van der Waals surface area contributed by atoms with Crippen LogP contribution < -0.4 is 0 Å². The van der Waals surface area contributed by atoms with E-state index in [4.69, 9.17) is 0 Å². The average Bonchev–Trinajstić information content (AvgIpc) is 2.03. The highest BCUT2D eigenvalue weighted by atomic mass is 16.3. The van der Waals surface area contributed by atoms with Gasteiger partial charge in [0.25, 0.3) is 0 Å². The maximum absolute atomic E-state index is 9.86. The Labute approximate surface area is 81.9 Å². The third-order valence-electron chi connectivity index (χ3n) is 3.39. The van der Waals surface area contributed by atoms with Crippen molar-refractivity contribution in [3.05, 3.63) is 0 Å². The van der Waals surface area contributed by atoms with Gasteiger partial charge >= 0.3 is 0 Å². The lowest BCUT2D eigenvalue weighted by Crippen LogP contribution is -2.50. The first-order valence-electron chi connectivity index (χ1n) is 5.37. The Kier molecular flexibility index (Phi) is 3.36. The van der Waals surface area contributed by atoms with Gasteiger partial charge in [-0.25, -0.2) is 0 Å². The van der Waals surface area contributed by atoms with Gasteiger partial charge in [0.2, 0.25) is 0 Å². The molecule has 0 aromatic rings. The lowest BCUT2D eigenvalue weighted by molar-refractivity contribution is -0.0222. The Hall–Kier alpha value is -0.0800. The lowest BCUT2D eigenvalue weighted by atomic mass is 9.93. The molecule has 0 spiro atoms. The molecule has 1 unspecified atom stereocenters. The minimum atomic E-state index is -0.569. The van der Waals surface area contributed by atoms with Crippen molar-refractivity contribution in [2.24, 2.45) is 5.92 Å². The summed E-state index contributed by atoms with van der Waals surface area (Å²) in [4.78, 5) is 2.40. The van der Waals surface area contributed by atoms with Gasteiger partial charge in [0.05, 0.1) is 5.60 Å². The SMILES string of the molecule is CC1CCN(C(C)C(C)(C)O)CC1. The molecular formula is C11H23NO. The van der Waals surface area contributed by atoms with Gasteiger partial charge in [0.1, 0.15) is 0 Å². The fourth-order valence-electron chi connectivity index (χ4n) is 1.86. The summed E-state index contributed by atoms with van der Waals surface area (Å²) in [6, 6.07) is 0.278. The normalized spacial score (nSPS) is 24.7. The Bertz CT molecular complexity index is 154. The van der Waals surface area contributed by atoms with Gasteiger partial charge in [0.15, 0.2) is 0 Å². The molecule has 1 atom stereocenters. The topological polar surface area (TPSA) is 23.5 Å². The largest absolute Gasteiger partial charge is 0.389 e. The zero-order valence-corrected chi connectivity index (χ0v) is 9.38. The van der Waals surface area contributed by atoms with Crippen molar-refractivity contribution < 1.29 is 5.11 Å². The third kappa shape index (κ3) is 2.96. The maximum atomic E-state index is 9.86. The zero-order chi connectivity index (χ0) is 10.1. The minimum Gasteiger partial charge on any atom is -0.389 e. The molecule has 13 heavy (non-hydrogen) atoms. The van der Waals surface area contributed by atoms with E-state index < -0.39 is 5.60 Å². The fourth-order valence-corrected chi connectivity index (χ4v) is 1.86. The quantitative estimate of drug-likeness (QED) is 0.710. The molecule has 0 saturated carbocycles. The van der Waals surface area contributed by atoms with E-state index >= 15 is 0 Å². The molecule has 1 saturated heterocycles. The van der Waals surface area contributed by atoms with Crippen LogP contribution in [0.4, 0.5) is 0 Å². The van der Waals surface area contributed by atoms with Crippen molar-refractivity contribution in [3.8, 4) is 0 Å². The monoisotopic (exact) mass is 185 g/mol. The molecule has 1 rings (SSSR count). The minimum absolute atomic E-state index is 0.278. The van der Waals surface area contributed by atoms with Crippen LogP contribution in [0.25, 0.3) is 0 Å². The Morgan fingerprint density at radius 3 is 2.15 bits per heavy atom. The molecule has 1 N–H and O–H groups in total. The van der Waals surface area contributed by atoms with Gasteiger partial charge < -0.3 is 5.11 Å². The molecule has 2 heteroatoms. The van der Waals surface area contributed by atoms with Gasteiger partial charge in [-0.3, -0.25) is 4.90 Å². The van der Waals surface area contributed by atoms with Crippen LogP contribution in [0.5, 0.6) is 0 Å². The van der Waals surface area contributed by atoms with Crippen LogP contribution in [0, 0.1) is 5.92 Å². The number of nitrogens with zero attached hydrogens (tertiary/aromatic N) is 1. The highest BCUT2D eigenvalue weighted by molar-refractivity contribution is 4.84. The molecule has 2 nitrogen and oxygen atoms in total. The smallest absolute Gasteiger partial charge is 0.0743 e. The van der Waals surface area contributed by atoms with E-state index in [2.05, 4.69) is 18.7 Å². The van der Waals surface area contributed by atoms with Gasteiger partial charge in [-0.2, -0.15) is 0 Å². The van der Waals surface area contributed by atoms with E-state index in [0.29, 0.717) is 0 Å². The Morgan fingerprint density at radius 2 is 1.77 bits per heavy atom. The first-order chi connectivity index (χ1) is 5.91. The summed E-state index contributed by atoms with van der Waals surface area (Å²) in [6.45, 7) is 10.5. The predicted molar refractivity (Wildman–Crippen MR) is 55.7 cm³/mol. The molecule has 1 aliphatic heterocycles. The van der Waals surface area contributed by atoms with E-state index in [1.165, 1.54) is 12.8 Å². The van der Waals surface area contributed by atoms with Gasteiger partial charge in [-0.1, -0.05) is 6.92 Å². The maximum Gasteiger partial charge on any atom is 0.0743 e. The van der Waals surface area contributed by atoms with Crippen molar-refractivity contribution in [3.63, 3.8) is 0 Å². The van der Waals surface area contributed by atoms with Crippen LogP contribution in [0.15, 0.2) is 0 Å². The van der Waals surface area contributed by atoms with Gasteiger partial charge in [-0.05, 0) is 52.6 Å². The summed E-state index contributed by atoms with van der Waals surface area (Å²) < 4.78 is 0. The molecule has 0 aromatic heterocycles. The second kappa shape index (κ2) is 3.97. The number of hydrogen-bond acceptors (Lipinski definition) is 2. The fraction of sp³-hybridized carbons (Fsp3) is 1.00. The molecular weight excluding hydrogens is 162 g/mol. The molecule has 1 heterocycles. The van der Waals surface area contributed by atoms with E-state index in [1.807, 2.05) is 13.8 Å². The van der Waals surface area contributed by atoms with Gasteiger partial charge in [-0.15, -0.1) is 0 Å². The van der Waals surface area contributed by atoms with Gasteiger partial charge in [0, 0.05) is 6.04 Å². The predicted octanol–water partition coefficient (Wildman–Crippen LogP) is 1.88. The molecule has 0 aliphatic carbocycles. The van der Waals surface area contributed by atoms with Crippen LogP contribution in [0.1, 0.15) is 40.5 Å². The lowest BCUT2D eigenvalue weighted by Gasteiger charge is -2.40. The molecule has 1 fully saturated rings. The molecule has 1 aliphatic rings. The first-order valence-corrected chi connectivity index (χ1v) is 5.37. The van der Waals surface area contributed by atoms with E-state index in [-0.39, 0.29) is 6.04 Å². The molecule has 0 radical (unpaired) electrons. The summed E-state index contributed by atoms with van der Waals surface area (Å²) in [5.74, 6) is 0.866. The van der Waals surface area contributed by atoms with Crippen LogP contribution >= 0.6 is 0 Å². The van der Waals surface area contributed by atoms with Crippen molar-refractivity contribution in [2.75, 3.05) is 13.1 Å². The number of rotatable bonds is 2. The zero-order valence-electron chi connectivity index (χ0n) is 9.38. The van der Waals surface area contributed by atoms with E-state index in [1.54, 1.807) is 0 Å². The summed E-state index contributed by atoms with van der Waals surface area (Å²) in [7, 11) is 0. The van der Waals surface area contributed by atoms with Crippen molar-refractivity contribution >= 4 is 0 Å². The molecule has 0 aromatic carbocycles. The van der Waals surface area contributed by atoms with Crippen LogP contribution in [0.3, 0.4) is 0 Å². The molecule has 0 amide bonds. The second-order valence-electron chi connectivity index (χ2n) is 5.05. The Balaban J connectivity index is 2.45. The van der Waals surface area contributed by atoms with Crippen LogP contribution in [-0.2, 0) is 0 Å².